The number of rotatable bonds is 6. The van der Waals surface area contributed by atoms with Crippen LogP contribution in [0.5, 0.6) is 0 Å². The van der Waals surface area contributed by atoms with Crippen LogP contribution in [0, 0.1) is 0 Å². The molecule has 19 heavy (non-hydrogen) atoms. The van der Waals surface area contributed by atoms with Gasteiger partial charge in [0, 0.05) is 17.4 Å². The summed E-state index contributed by atoms with van der Waals surface area (Å²) in [5.74, 6) is 0.909. The SMILES string of the molecule is C=CCn1c(SC(C)CC)nnc1-c1ccccc1. The minimum atomic E-state index is 0.538. The molecule has 4 heteroatoms. The lowest BCUT2D eigenvalue weighted by molar-refractivity contribution is 0.726. The van der Waals surface area contributed by atoms with Crippen LogP contribution >= 0.6 is 11.8 Å². The minimum absolute atomic E-state index is 0.538. The number of benzene rings is 1. The largest absolute Gasteiger partial charge is 0.298 e. The molecule has 3 nitrogen and oxygen atoms in total. The van der Waals surface area contributed by atoms with Gasteiger partial charge in [-0.3, -0.25) is 4.57 Å². The first-order valence-corrected chi connectivity index (χ1v) is 7.40. The molecule has 1 unspecified atom stereocenters. The van der Waals surface area contributed by atoms with Crippen LogP contribution in [0.3, 0.4) is 0 Å². The molecule has 0 bridgehead atoms. The normalized spacial score (nSPS) is 12.3. The molecule has 2 rings (SSSR count). The van der Waals surface area contributed by atoms with Gasteiger partial charge in [0.05, 0.1) is 0 Å². The Morgan fingerprint density at radius 2 is 2.05 bits per heavy atom. The van der Waals surface area contributed by atoms with E-state index >= 15 is 0 Å². The van der Waals surface area contributed by atoms with E-state index in [0.29, 0.717) is 5.25 Å². The van der Waals surface area contributed by atoms with E-state index in [1.54, 1.807) is 11.8 Å². The fraction of sp³-hybridized carbons (Fsp3) is 0.333. The summed E-state index contributed by atoms with van der Waals surface area (Å²) in [6, 6.07) is 10.2. The number of nitrogens with zero attached hydrogens (tertiary/aromatic N) is 3. The molecule has 1 aromatic carbocycles. The van der Waals surface area contributed by atoms with Crippen molar-refractivity contribution in [2.75, 3.05) is 0 Å². The molecule has 0 spiro atoms. The van der Waals surface area contributed by atoms with E-state index in [1.807, 2.05) is 24.3 Å². The molecule has 100 valence electrons. The third-order valence-corrected chi connectivity index (χ3v) is 4.19. The highest BCUT2D eigenvalue weighted by Crippen LogP contribution is 2.27. The van der Waals surface area contributed by atoms with Gasteiger partial charge in [-0.05, 0) is 6.42 Å². The first kappa shape index (κ1) is 13.9. The second kappa shape index (κ2) is 6.57. The second-order valence-corrected chi connectivity index (χ2v) is 5.81. The Morgan fingerprint density at radius 1 is 1.32 bits per heavy atom. The van der Waals surface area contributed by atoms with Crippen LogP contribution < -0.4 is 0 Å². The van der Waals surface area contributed by atoms with E-state index in [1.165, 1.54) is 0 Å². The van der Waals surface area contributed by atoms with Gasteiger partial charge in [0.2, 0.25) is 0 Å². The van der Waals surface area contributed by atoms with Crippen LogP contribution in [-0.4, -0.2) is 20.0 Å². The van der Waals surface area contributed by atoms with Crippen LogP contribution in [0.25, 0.3) is 11.4 Å². The summed E-state index contributed by atoms with van der Waals surface area (Å²) in [6.45, 7) is 8.95. The molecule has 0 aliphatic rings. The quantitative estimate of drug-likeness (QED) is 0.588. The highest BCUT2D eigenvalue weighted by atomic mass is 32.2. The average Bonchev–Trinajstić information content (AvgIpc) is 2.83. The van der Waals surface area contributed by atoms with Crippen LogP contribution in [-0.2, 0) is 6.54 Å². The fourth-order valence-corrected chi connectivity index (χ4v) is 2.64. The van der Waals surface area contributed by atoms with Crippen molar-refractivity contribution in [3.63, 3.8) is 0 Å². The molecule has 0 N–H and O–H groups in total. The van der Waals surface area contributed by atoms with Gasteiger partial charge in [-0.25, -0.2) is 0 Å². The van der Waals surface area contributed by atoms with E-state index in [0.717, 1.165) is 29.5 Å². The average molecular weight is 273 g/mol. The fourth-order valence-electron chi connectivity index (χ4n) is 1.73. The molecule has 1 heterocycles. The molecule has 0 saturated carbocycles. The van der Waals surface area contributed by atoms with Crippen LogP contribution in [0.1, 0.15) is 20.3 Å². The van der Waals surface area contributed by atoms with Gasteiger partial charge in [0.15, 0.2) is 11.0 Å². The summed E-state index contributed by atoms with van der Waals surface area (Å²) in [4.78, 5) is 0. The zero-order valence-electron chi connectivity index (χ0n) is 11.4. The Balaban J connectivity index is 2.37. The second-order valence-electron chi connectivity index (χ2n) is 4.41. The van der Waals surface area contributed by atoms with Gasteiger partial charge in [-0.1, -0.05) is 62.0 Å². The Morgan fingerprint density at radius 3 is 2.68 bits per heavy atom. The first-order valence-electron chi connectivity index (χ1n) is 6.52. The molecule has 0 aliphatic carbocycles. The topological polar surface area (TPSA) is 30.7 Å². The Bertz CT molecular complexity index is 534. The number of hydrogen-bond acceptors (Lipinski definition) is 3. The number of aromatic nitrogens is 3. The molecule has 0 saturated heterocycles. The summed E-state index contributed by atoms with van der Waals surface area (Å²) in [5.41, 5.74) is 1.09. The summed E-state index contributed by atoms with van der Waals surface area (Å²) in [5, 5.41) is 10.2. The summed E-state index contributed by atoms with van der Waals surface area (Å²) in [7, 11) is 0. The zero-order chi connectivity index (χ0) is 13.7. The van der Waals surface area contributed by atoms with Crippen molar-refractivity contribution in [2.45, 2.75) is 37.2 Å². The summed E-state index contributed by atoms with van der Waals surface area (Å²) < 4.78 is 2.12. The standard InChI is InChI=1S/C15H19N3S/c1-4-11-18-14(13-9-7-6-8-10-13)16-17-15(18)19-12(3)5-2/h4,6-10,12H,1,5,11H2,2-3H3. The molecule has 1 aromatic heterocycles. The van der Waals surface area contributed by atoms with Crippen molar-refractivity contribution in [2.24, 2.45) is 0 Å². The Labute approximate surface area is 118 Å². The predicted molar refractivity (Wildman–Crippen MR) is 81.3 cm³/mol. The maximum absolute atomic E-state index is 4.34. The van der Waals surface area contributed by atoms with Gasteiger partial charge in [0.25, 0.3) is 0 Å². The van der Waals surface area contributed by atoms with Crippen molar-refractivity contribution in [3.8, 4) is 11.4 Å². The lowest BCUT2D eigenvalue weighted by Gasteiger charge is -2.10. The molecule has 1 atom stereocenters. The Kier molecular flexibility index (Phi) is 4.80. The molecule has 0 aliphatic heterocycles. The Hall–Kier alpha value is -1.55. The maximum Gasteiger partial charge on any atom is 0.192 e. The van der Waals surface area contributed by atoms with E-state index in [2.05, 4.69) is 47.3 Å². The molecule has 2 aromatic rings. The number of hydrogen-bond donors (Lipinski definition) is 0. The molecule has 0 radical (unpaired) electrons. The highest BCUT2D eigenvalue weighted by molar-refractivity contribution is 7.99. The van der Waals surface area contributed by atoms with E-state index < -0.39 is 0 Å². The van der Waals surface area contributed by atoms with Crippen LogP contribution in [0.2, 0.25) is 0 Å². The maximum atomic E-state index is 4.34. The molecule has 0 amide bonds. The monoisotopic (exact) mass is 273 g/mol. The van der Waals surface area contributed by atoms with Gasteiger partial charge < -0.3 is 0 Å². The van der Waals surface area contributed by atoms with Gasteiger partial charge >= 0.3 is 0 Å². The first-order chi connectivity index (χ1) is 9.26. The van der Waals surface area contributed by atoms with E-state index in [4.69, 9.17) is 0 Å². The molecule has 0 fully saturated rings. The van der Waals surface area contributed by atoms with E-state index in [-0.39, 0.29) is 0 Å². The number of thioether (sulfide) groups is 1. The summed E-state index contributed by atoms with van der Waals surface area (Å²) in [6.07, 6.45) is 3.00. The molecular weight excluding hydrogens is 254 g/mol. The predicted octanol–water partition coefficient (Wildman–Crippen LogP) is 4.02. The third-order valence-electron chi connectivity index (χ3n) is 2.94. The van der Waals surface area contributed by atoms with E-state index in [9.17, 15) is 0 Å². The molecular formula is C15H19N3S. The smallest absolute Gasteiger partial charge is 0.192 e. The lowest BCUT2D eigenvalue weighted by atomic mass is 10.2. The van der Waals surface area contributed by atoms with Crippen LogP contribution in [0.15, 0.2) is 48.1 Å². The minimum Gasteiger partial charge on any atom is -0.298 e. The van der Waals surface area contributed by atoms with Gasteiger partial charge in [-0.15, -0.1) is 16.8 Å². The van der Waals surface area contributed by atoms with Crippen molar-refractivity contribution in [1.29, 1.82) is 0 Å². The van der Waals surface area contributed by atoms with Crippen molar-refractivity contribution >= 4 is 11.8 Å². The van der Waals surface area contributed by atoms with Crippen molar-refractivity contribution < 1.29 is 0 Å². The van der Waals surface area contributed by atoms with Crippen molar-refractivity contribution in [1.82, 2.24) is 14.8 Å². The highest BCUT2D eigenvalue weighted by Gasteiger charge is 2.14. The summed E-state index contributed by atoms with van der Waals surface area (Å²) >= 11 is 1.77. The lowest BCUT2D eigenvalue weighted by Crippen LogP contribution is -2.03. The van der Waals surface area contributed by atoms with Crippen LogP contribution in [0.4, 0.5) is 0 Å². The van der Waals surface area contributed by atoms with Crippen molar-refractivity contribution in [3.05, 3.63) is 43.0 Å². The number of allylic oxidation sites excluding steroid dienone is 1. The van der Waals surface area contributed by atoms with Gasteiger partial charge in [-0.2, -0.15) is 0 Å². The zero-order valence-corrected chi connectivity index (χ0v) is 12.2. The third kappa shape index (κ3) is 3.26. The van der Waals surface area contributed by atoms with Gasteiger partial charge in [0.1, 0.15) is 0 Å².